The average molecular weight is 342 g/mol. The van der Waals surface area contributed by atoms with E-state index in [9.17, 15) is 14.0 Å². The number of nitrogens with zero attached hydrogens (tertiary/aromatic N) is 1. The highest BCUT2D eigenvalue weighted by Crippen LogP contribution is 2.14. The van der Waals surface area contributed by atoms with Crippen molar-refractivity contribution in [3.05, 3.63) is 70.0 Å². The Kier molecular flexibility index (Phi) is 4.97. The summed E-state index contributed by atoms with van der Waals surface area (Å²) in [6, 6.07) is 11.8. The van der Waals surface area contributed by atoms with Crippen molar-refractivity contribution in [2.45, 2.75) is 19.3 Å². The molecular weight excluding hydrogens is 323 g/mol. The Bertz CT molecular complexity index is 959. The highest BCUT2D eigenvalue weighted by atomic mass is 19.1. The SMILES string of the molecule is Cn1c(=O)oc2ccc(CCNC(=O)CCc3cccc(F)c3)cc21. The van der Waals surface area contributed by atoms with Gasteiger partial charge in [-0.05, 0) is 48.2 Å². The van der Waals surface area contributed by atoms with E-state index in [0.29, 0.717) is 31.4 Å². The van der Waals surface area contributed by atoms with Gasteiger partial charge in [-0.3, -0.25) is 9.36 Å². The summed E-state index contributed by atoms with van der Waals surface area (Å²) in [4.78, 5) is 23.4. The van der Waals surface area contributed by atoms with Gasteiger partial charge in [0.25, 0.3) is 0 Å². The molecule has 0 bridgehead atoms. The van der Waals surface area contributed by atoms with E-state index in [1.165, 1.54) is 16.7 Å². The summed E-state index contributed by atoms with van der Waals surface area (Å²) in [6.07, 6.45) is 1.48. The zero-order chi connectivity index (χ0) is 17.8. The summed E-state index contributed by atoms with van der Waals surface area (Å²) in [5, 5.41) is 2.86. The molecule has 1 heterocycles. The van der Waals surface area contributed by atoms with E-state index < -0.39 is 5.76 Å². The monoisotopic (exact) mass is 342 g/mol. The number of benzene rings is 2. The first kappa shape index (κ1) is 17.0. The molecule has 5 nitrogen and oxygen atoms in total. The van der Waals surface area contributed by atoms with Crippen molar-refractivity contribution < 1.29 is 13.6 Å². The Hall–Kier alpha value is -2.89. The molecule has 0 spiro atoms. The van der Waals surface area contributed by atoms with E-state index in [4.69, 9.17) is 4.42 Å². The standard InChI is InChI=1S/C19H19FN2O3/c1-22-16-12-14(5-7-17(16)25-19(22)24)9-10-21-18(23)8-6-13-3-2-4-15(20)11-13/h2-5,7,11-12H,6,8-10H2,1H3,(H,21,23). The van der Waals surface area contributed by atoms with Crippen molar-refractivity contribution in [1.29, 1.82) is 0 Å². The lowest BCUT2D eigenvalue weighted by Crippen LogP contribution is -2.25. The molecule has 0 fully saturated rings. The number of hydrogen-bond donors (Lipinski definition) is 1. The highest BCUT2D eigenvalue weighted by molar-refractivity contribution is 5.76. The van der Waals surface area contributed by atoms with Crippen molar-refractivity contribution in [2.75, 3.05) is 6.54 Å². The molecule has 0 aliphatic heterocycles. The second-order valence-corrected chi connectivity index (χ2v) is 5.96. The Morgan fingerprint density at radius 2 is 1.96 bits per heavy atom. The van der Waals surface area contributed by atoms with E-state index in [1.54, 1.807) is 25.2 Å². The van der Waals surface area contributed by atoms with Crippen LogP contribution in [0.25, 0.3) is 11.1 Å². The molecule has 0 radical (unpaired) electrons. The molecule has 130 valence electrons. The second kappa shape index (κ2) is 7.34. The van der Waals surface area contributed by atoms with E-state index in [1.807, 2.05) is 12.1 Å². The Balaban J connectivity index is 1.49. The third-order valence-electron chi connectivity index (χ3n) is 4.12. The fourth-order valence-corrected chi connectivity index (χ4v) is 2.71. The summed E-state index contributed by atoms with van der Waals surface area (Å²) in [5.41, 5.74) is 3.10. The van der Waals surface area contributed by atoms with Gasteiger partial charge in [0.1, 0.15) is 5.82 Å². The van der Waals surface area contributed by atoms with E-state index >= 15 is 0 Å². The lowest BCUT2D eigenvalue weighted by atomic mass is 10.1. The van der Waals surface area contributed by atoms with Gasteiger partial charge in [-0.1, -0.05) is 18.2 Å². The zero-order valence-corrected chi connectivity index (χ0v) is 13.9. The second-order valence-electron chi connectivity index (χ2n) is 5.96. The molecule has 0 saturated heterocycles. The van der Waals surface area contributed by atoms with Gasteiger partial charge in [-0.25, -0.2) is 9.18 Å². The summed E-state index contributed by atoms with van der Waals surface area (Å²) in [5.74, 6) is -0.749. The minimum Gasteiger partial charge on any atom is -0.408 e. The molecule has 1 N–H and O–H groups in total. The number of nitrogens with one attached hydrogen (secondary N) is 1. The number of aryl methyl sites for hydroxylation is 2. The molecule has 25 heavy (non-hydrogen) atoms. The maximum atomic E-state index is 13.1. The molecule has 0 saturated carbocycles. The van der Waals surface area contributed by atoms with Crippen molar-refractivity contribution in [2.24, 2.45) is 7.05 Å². The third-order valence-corrected chi connectivity index (χ3v) is 4.12. The number of carbonyl (C=O) groups is 1. The molecule has 1 amide bonds. The molecule has 0 atom stereocenters. The zero-order valence-electron chi connectivity index (χ0n) is 13.9. The number of oxazole rings is 1. The lowest BCUT2D eigenvalue weighted by molar-refractivity contribution is -0.121. The highest BCUT2D eigenvalue weighted by Gasteiger charge is 2.07. The van der Waals surface area contributed by atoms with E-state index in [0.717, 1.165) is 16.6 Å². The van der Waals surface area contributed by atoms with E-state index in [-0.39, 0.29) is 11.7 Å². The minimum atomic E-state index is -0.391. The van der Waals surface area contributed by atoms with E-state index in [2.05, 4.69) is 5.32 Å². The van der Waals surface area contributed by atoms with Crippen LogP contribution >= 0.6 is 0 Å². The number of halogens is 1. The number of aromatic nitrogens is 1. The normalized spacial score (nSPS) is 11.0. The summed E-state index contributed by atoms with van der Waals surface area (Å²) in [6.45, 7) is 0.499. The topological polar surface area (TPSA) is 64.2 Å². The molecular formula is C19H19FN2O3. The molecule has 3 rings (SSSR count). The molecule has 0 aliphatic carbocycles. The van der Waals surface area contributed by atoms with Crippen LogP contribution in [-0.4, -0.2) is 17.0 Å². The van der Waals surface area contributed by atoms with Gasteiger partial charge in [0.15, 0.2) is 5.58 Å². The van der Waals surface area contributed by atoms with Crippen LogP contribution in [0.15, 0.2) is 51.7 Å². The molecule has 3 aromatic rings. The van der Waals surface area contributed by atoms with Gasteiger partial charge in [0, 0.05) is 20.0 Å². The van der Waals surface area contributed by atoms with Crippen LogP contribution in [0.2, 0.25) is 0 Å². The molecule has 2 aromatic carbocycles. The van der Waals surface area contributed by atoms with Crippen LogP contribution in [0.3, 0.4) is 0 Å². The lowest BCUT2D eigenvalue weighted by Gasteiger charge is -2.06. The first-order chi connectivity index (χ1) is 12.0. The van der Waals surface area contributed by atoms with Gasteiger partial charge < -0.3 is 9.73 Å². The quantitative estimate of drug-likeness (QED) is 0.749. The Labute approximate surface area is 144 Å². The van der Waals surface area contributed by atoms with Gasteiger partial charge in [0.2, 0.25) is 5.91 Å². The minimum absolute atomic E-state index is 0.0685. The average Bonchev–Trinajstić information content (AvgIpc) is 2.88. The fourth-order valence-electron chi connectivity index (χ4n) is 2.71. The number of rotatable bonds is 6. The van der Waals surface area contributed by atoms with Gasteiger partial charge >= 0.3 is 5.76 Å². The van der Waals surface area contributed by atoms with Crippen molar-refractivity contribution in [3.8, 4) is 0 Å². The van der Waals surface area contributed by atoms with Crippen LogP contribution in [0.1, 0.15) is 17.5 Å². The van der Waals surface area contributed by atoms with Gasteiger partial charge in [-0.15, -0.1) is 0 Å². The van der Waals surface area contributed by atoms with Crippen LogP contribution < -0.4 is 11.1 Å². The van der Waals surface area contributed by atoms with Crippen LogP contribution in [-0.2, 0) is 24.7 Å². The maximum absolute atomic E-state index is 13.1. The predicted molar refractivity (Wildman–Crippen MR) is 92.9 cm³/mol. The largest absolute Gasteiger partial charge is 0.419 e. The first-order valence-electron chi connectivity index (χ1n) is 8.12. The van der Waals surface area contributed by atoms with Crippen molar-refractivity contribution in [1.82, 2.24) is 9.88 Å². The van der Waals surface area contributed by atoms with Gasteiger partial charge in [0.05, 0.1) is 5.52 Å². The molecule has 6 heteroatoms. The summed E-state index contributed by atoms with van der Waals surface area (Å²) in [7, 11) is 1.66. The first-order valence-corrected chi connectivity index (χ1v) is 8.12. The third kappa shape index (κ3) is 4.15. The predicted octanol–water partition coefficient (Wildman–Crippen LogP) is 2.56. The summed E-state index contributed by atoms with van der Waals surface area (Å²) < 4.78 is 19.6. The molecule has 1 aromatic heterocycles. The number of amides is 1. The number of carbonyl (C=O) groups excluding carboxylic acids is 1. The molecule has 0 aliphatic rings. The fraction of sp³-hybridized carbons (Fsp3) is 0.263. The maximum Gasteiger partial charge on any atom is 0.419 e. The van der Waals surface area contributed by atoms with Crippen molar-refractivity contribution >= 4 is 17.0 Å². The number of fused-ring (bicyclic) bond motifs is 1. The molecule has 0 unspecified atom stereocenters. The van der Waals surface area contributed by atoms with Crippen LogP contribution in [0.4, 0.5) is 4.39 Å². The van der Waals surface area contributed by atoms with Crippen molar-refractivity contribution in [3.63, 3.8) is 0 Å². The van der Waals surface area contributed by atoms with Crippen LogP contribution in [0.5, 0.6) is 0 Å². The Morgan fingerprint density at radius 3 is 2.76 bits per heavy atom. The number of hydrogen-bond acceptors (Lipinski definition) is 3. The Morgan fingerprint density at radius 1 is 1.16 bits per heavy atom. The van der Waals surface area contributed by atoms with Crippen LogP contribution in [0, 0.1) is 5.82 Å². The van der Waals surface area contributed by atoms with Gasteiger partial charge in [-0.2, -0.15) is 0 Å². The summed E-state index contributed by atoms with van der Waals surface area (Å²) >= 11 is 0. The smallest absolute Gasteiger partial charge is 0.408 e.